The normalized spacial score (nSPS) is 22.7. The zero-order valence-electron chi connectivity index (χ0n) is 13.5. The highest BCUT2D eigenvalue weighted by molar-refractivity contribution is 5.72. The third kappa shape index (κ3) is 3.46. The quantitative estimate of drug-likeness (QED) is 0.617. The lowest BCUT2D eigenvalue weighted by Gasteiger charge is -2.12. The fourth-order valence-corrected chi connectivity index (χ4v) is 2.90. The van der Waals surface area contributed by atoms with Gasteiger partial charge in [0, 0.05) is 18.6 Å². The first kappa shape index (κ1) is 17.6. The Labute approximate surface area is 137 Å². The van der Waals surface area contributed by atoms with E-state index in [0.717, 1.165) is 33.4 Å². The standard InChI is InChI=1S/C19H25NO3/c1-13-18(9-14(10-20)4-3-5-21)19(13,2)17-7-15(11-22)6-16(8-17)12-23/h4,6-9,21-23H,1,3,5,10-12,20H2,2H3/b14-4+,18-9+. The van der Waals surface area contributed by atoms with Crippen LogP contribution in [0.2, 0.25) is 0 Å². The fraction of sp³-hybridized carbons (Fsp3) is 0.368. The largest absolute Gasteiger partial charge is 0.396 e. The van der Waals surface area contributed by atoms with Crippen molar-refractivity contribution in [2.45, 2.75) is 32.0 Å². The molecule has 1 aromatic rings. The minimum Gasteiger partial charge on any atom is -0.396 e. The third-order valence-corrected chi connectivity index (χ3v) is 4.50. The molecule has 2 rings (SSSR count). The van der Waals surface area contributed by atoms with Gasteiger partial charge in [-0.1, -0.05) is 36.9 Å². The molecule has 0 radical (unpaired) electrons. The summed E-state index contributed by atoms with van der Waals surface area (Å²) in [5, 5.41) is 27.8. The van der Waals surface area contributed by atoms with Gasteiger partial charge in [0.1, 0.15) is 0 Å². The van der Waals surface area contributed by atoms with Gasteiger partial charge in [0.05, 0.1) is 13.2 Å². The molecule has 0 bridgehead atoms. The smallest absolute Gasteiger partial charge is 0.0682 e. The summed E-state index contributed by atoms with van der Waals surface area (Å²) in [4.78, 5) is 0. The molecule has 1 aliphatic carbocycles. The van der Waals surface area contributed by atoms with Crippen molar-refractivity contribution in [2.24, 2.45) is 5.73 Å². The van der Waals surface area contributed by atoms with Crippen LogP contribution >= 0.6 is 0 Å². The molecule has 4 nitrogen and oxygen atoms in total. The van der Waals surface area contributed by atoms with Crippen LogP contribution in [0.1, 0.15) is 30.0 Å². The molecule has 23 heavy (non-hydrogen) atoms. The molecule has 0 aliphatic heterocycles. The number of benzene rings is 1. The van der Waals surface area contributed by atoms with E-state index in [4.69, 9.17) is 10.8 Å². The van der Waals surface area contributed by atoms with Gasteiger partial charge in [-0.05, 0) is 46.8 Å². The molecule has 0 spiro atoms. The Morgan fingerprint density at radius 3 is 2.26 bits per heavy atom. The van der Waals surface area contributed by atoms with Crippen LogP contribution in [0.5, 0.6) is 0 Å². The first-order valence-corrected chi connectivity index (χ1v) is 7.78. The minimum atomic E-state index is -0.289. The number of nitrogens with two attached hydrogens (primary N) is 1. The molecular weight excluding hydrogens is 290 g/mol. The van der Waals surface area contributed by atoms with Crippen LogP contribution in [-0.2, 0) is 18.6 Å². The maximum Gasteiger partial charge on any atom is 0.0682 e. The molecule has 0 saturated heterocycles. The van der Waals surface area contributed by atoms with E-state index < -0.39 is 0 Å². The third-order valence-electron chi connectivity index (χ3n) is 4.50. The minimum absolute atomic E-state index is 0.0626. The number of aliphatic hydroxyl groups is 3. The van der Waals surface area contributed by atoms with E-state index in [9.17, 15) is 10.2 Å². The van der Waals surface area contributed by atoms with E-state index in [-0.39, 0.29) is 25.2 Å². The molecule has 0 amide bonds. The second kappa shape index (κ2) is 7.23. The molecule has 1 unspecified atom stereocenters. The van der Waals surface area contributed by atoms with Crippen molar-refractivity contribution in [2.75, 3.05) is 13.2 Å². The van der Waals surface area contributed by atoms with Crippen molar-refractivity contribution >= 4 is 0 Å². The second-order valence-corrected chi connectivity index (χ2v) is 6.01. The molecule has 4 heteroatoms. The molecule has 1 aromatic carbocycles. The van der Waals surface area contributed by atoms with E-state index in [1.807, 2.05) is 24.3 Å². The second-order valence-electron chi connectivity index (χ2n) is 6.01. The van der Waals surface area contributed by atoms with Crippen LogP contribution in [0, 0.1) is 0 Å². The SMILES string of the molecule is C=C1/C(=C\C(=C/CCO)CN)C1(C)c1cc(CO)cc(CO)c1. The van der Waals surface area contributed by atoms with Crippen LogP contribution in [0.4, 0.5) is 0 Å². The van der Waals surface area contributed by atoms with E-state index in [1.54, 1.807) is 6.07 Å². The van der Waals surface area contributed by atoms with Gasteiger partial charge in [-0.15, -0.1) is 0 Å². The van der Waals surface area contributed by atoms with Gasteiger partial charge in [0.2, 0.25) is 0 Å². The van der Waals surface area contributed by atoms with Gasteiger partial charge in [-0.2, -0.15) is 0 Å². The summed E-state index contributed by atoms with van der Waals surface area (Å²) in [6, 6.07) is 5.70. The summed E-state index contributed by atoms with van der Waals surface area (Å²) in [6.45, 7) is 6.61. The summed E-state index contributed by atoms with van der Waals surface area (Å²) in [5.41, 5.74) is 11.1. The van der Waals surface area contributed by atoms with Gasteiger partial charge < -0.3 is 21.1 Å². The van der Waals surface area contributed by atoms with Crippen molar-refractivity contribution in [1.29, 1.82) is 0 Å². The summed E-state index contributed by atoms with van der Waals surface area (Å²) in [6.07, 6.45) is 4.54. The fourth-order valence-electron chi connectivity index (χ4n) is 2.90. The molecule has 1 aliphatic rings. The highest BCUT2D eigenvalue weighted by Gasteiger charge is 2.50. The van der Waals surface area contributed by atoms with Crippen molar-refractivity contribution < 1.29 is 15.3 Å². The predicted molar refractivity (Wildman–Crippen MR) is 91.7 cm³/mol. The lowest BCUT2D eigenvalue weighted by molar-refractivity contribution is 0.275. The van der Waals surface area contributed by atoms with E-state index in [0.29, 0.717) is 13.0 Å². The summed E-state index contributed by atoms with van der Waals surface area (Å²) >= 11 is 0. The first-order valence-electron chi connectivity index (χ1n) is 7.78. The average molecular weight is 315 g/mol. The van der Waals surface area contributed by atoms with Gasteiger partial charge in [-0.25, -0.2) is 0 Å². The topological polar surface area (TPSA) is 86.7 Å². The van der Waals surface area contributed by atoms with Crippen LogP contribution in [0.15, 0.2) is 53.6 Å². The van der Waals surface area contributed by atoms with E-state index in [1.165, 1.54) is 0 Å². The lowest BCUT2D eigenvalue weighted by Crippen LogP contribution is -2.05. The van der Waals surface area contributed by atoms with Crippen LogP contribution in [0.3, 0.4) is 0 Å². The molecule has 1 atom stereocenters. The zero-order valence-corrected chi connectivity index (χ0v) is 13.5. The number of allylic oxidation sites excluding steroid dienone is 2. The molecule has 0 heterocycles. The first-order chi connectivity index (χ1) is 11.0. The van der Waals surface area contributed by atoms with Crippen molar-refractivity contribution in [3.63, 3.8) is 0 Å². The molecule has 124 valence electrons. The average Bonchev–Trinajstić information content (AvgIpc) is 3.12. The maximum atomic E-state index is 9.41. The molecule has 5 N–H and O–H groups in total. The van der Waals surface area contributed by atoms with Crippen LogP contribution in [0.25, 0.3) is 0 Å². The number of hydrogen-bond acceptors (Lipinski definition) is 4. The molecule has 0 aromatic heterocycles. The van der Waals surface area contributed by atoms with E-state index in [2.05, 4.69) is 13.5 Å². The van der Waals surface area contributed by atoms with Crippen LogP contribution in [-0.4, -0.2) is 28.5 Å². The lowest BCUT2D eigenvalue weighted by atomic mass is 9.92. The summed E-state index contributed by atoms with van der Waals surface area (Å²) in [5.74, 6) is 0. The molecule has 1 fully saturated rings. The number of rotatable bonds is 7. The Bertz CT molecular complexity index is 638. The Kier molecular flexibility index (Phi) is 5.55. The Balaban J connectivity index is 2.38. The Morgan fingerprint density at radius 1 is 1.17 bits per heavy atom. The summed E-state index contributed by atoms with van der Waals surface area (Å²) < 4.78 is 0. The van der Waals surface area contributed by atoms with Gasteiger partial charge >= 0.3 is 0 Å². The van der Waals surface area contributed by atoms with Gasteiger partial charge in [0.15, 0.2) is 0 Å². The van der Waals surface area contributed by atoms with Crippen molar-refractivity contribution in [1.82, 2.24) is 0 Å². The van der Waals surface area contributed by atoms with Crippen molar-refractivity contribution in [3.05, 3.63) is 70.3 Å². The zero-order chi connectivity index (χ0) is 17.0. The highest BCUT2D eigenvalue weighted by atomic mass is 16.3. The summed E-state index contributed by atoms with van der Waals surface area (Å²) in [7, 11) is 0. The molecule has 1 saturated carbocycles. The Morgan fingerprint density at radius 2 is 1.78 bits per heavy atom. The monoisotopic (exact) mass is 315 g/mol. The maximum absolute atomic E-state index is 9.41. The van der Waals surface area contributed by atoms with Gasteiger partial charge in [-0.3, -0.25) is 0 Å². The predicted octanol–water partition coefficient (Wildman–Crippen LogP) is 1.69. The Hall–Kier alpha value is -1.72. The van der Waals surface area contributed by atoms with Gasteiger partial charge in [0.25, 0.3) is 0 Å². The number of aliphatic hydroxyl groups excluding tert-OH is 3. The van der Waals surface area contributed by atoms with E-state index >= 15 is 0 Å². The van der Waals surface area contributed by atoms with Crippen LogP contribution < -0.4 is 5.73 Å². The highest BCUT2D eigenvalue weighted by Crippen LogP contribution is 2.58. The number of hydrogen-bond donors (Lipinski definition) is 4. The molecular formula is C19H25NO3. The van der Waals surface area contributed by atoms with Crippen molar-refractivity contribution in [3.8, 4) is 0 Å².